The number of carbonyl (C=O) groups excluding carboxylic acids is 1. The summed E-state index contributed by atoms with van der Waals surface area (Å²) in [4.78, 5) is 12.5. The molecule has 0 heterocycles. The van der Waals surface area contributed by atoms with E-state index in [-0.39, 0.29) is 10.6 Å². The van der Waals surface area contributed by atoms with E-state index >= 15 is 0 Å². The number of alkyl halides is 1. The van der Waals surface area contributed by atoms with Gasteiger partial charge in [0.15, 0.2) is 5.78 Å². The van der Waals surface area contributed by atoms with Gasteiger partial charge in [0, 0.05) is 10.5 Å². The minimum absolute atomic E-state index is 0.0563. The summed E-state index contributed by atoms with van der Waals surface area (Å²) in [6, 6.07) is 7.36. The van der Waals surface area contributed by atoms with Gasteiger partial charge in [-0.15, -0.1) is 11.8 Å². The molecule has 0 spiro atoms. The Balaban J connectivity index is 3.21. The van der Waals surface area contributed by atoms with Crippen molar-refractivity contribution in [2.24, 2.45) is 0 Å². The molecule has 0 aliphatic carbocycles. The third-order valence-electron chi connectivity index (χ3n) is 1.97. The van der Waals surface area contributed by atoms with Crippen LogP contribution in [0, 0.1) is 11.3 Å². The standard InChI is InChI=1S/C11H10BrNOS/c1-7(12)11(14)10-4-3-9(15-2)5-8(10)6-13/h3-5,7H,1-2H3. The lowest BCUT2D eigenvalue weighted by Gasteiger charge is -2.06. The highest BCUT2D eigenvalue weighted by molar-refractivity contribution is 9.10. The Morgan fingerprint density at radius 2 is 2.27 bits per heavy atom. The van der Waals surface area contributed by atoms with E-state index in [9.17, 15) is 4.79 Å². The number of nitriles is 1. The Bertz CT molecular complexity index is 423. The van der Waals surface area contributed by atoms with Gasteiger partial charge in [-0.05, 0) is 31.4 Å². The van der Waals surface area contributed by atoms with Crippen LogP contribution in [0.15, 0.2) is 23.1 Å². The second kappa shape index (κ2) is 5.34. The van der Waals surface area contributed by atoms with Crippen molar-refractivity contribution in [2.45, 2.75) is 16.6 Å². The average molecular weight is 284 g/mol. The molecule has 0 radical (unpaired) electrons. The highest BCUT2D eigenvalue weighted by Crippen LogP contribution is 2.21. The lowest BCUT2D eigenvalue weighted by atomic mass is 10.0. The van der Waals surface area contributed by atoms with E-state index in [1.807, 2.05) is 12.3 Å². The van der Waals surface area contributed by atoms with Crippen LogP contribution in [0.2, 0.25) is 0 Å². The lowest BCUT2D eigenvalue weighted by molar-refractivity contribution is 0.0995. The summed E-state index contributed by atoms with van der Waals surface area (Å²) in [6.45, 7) is 1.76. The van der Waals surface area contributed by atoms with E-state index in [0.717, 1.165) is 4.90 Å². The number of ketones is 1. The van der Waals surface area contributed by atoms with E-state index in [1.165, 1.54) is 0 Å². The molecule has 0 N–H and O–H groups in total. The monoisotopic (exact) mass is 283 g/mol. The molecule has 0 fully saturated rings. The van der Waals surface area contributed by atoms with E-state index in [1.54, 1.807) is 30.8 Å². The van der Waals surface area contributed by atoms with Crippen molar-refractivity contribution in [3.8, 4) is 6.07 Å². The molecule has 0 aliphatic rings. The summed E-state index contributed by atoms with van der Waals surface area (Å²) in [7, 11) is 0. The van der Waals surface area contributed by atoms with Crippen molar-refractivity contribution >= 4 is 33.5 Å². The first-order chi connectivity index (χ1) is 7.10. The van der Waals surface area contributed by atoms with Crippen molar-refractivity contribution in [1.82, 2.24) is 0 Å². The molecular formula is C11H10BrNOS. The van der Waals surface area contributed by atoms with E-state index in [2.05, 4.69) is 22.0 Å². The van der Waals surface area contributed by atoms with Gasteiger partial charge in [0.1, 0.15) is 0 Å². The normalized spacial score (nSPS) is 11.9. The molecule has 1 atom stereocenters. The van der Waals surface area contributed by atoms with Crippen molar-refractivity contribution < 1.29 is 4.79 Å². The SMILES string of the molecule is CSc1ccc(C(=O)C(C)Br)c(C#N)c1. The maximum Gasteiger partial charge on any atom is 0.177 e. The van der Waals surface area contributed by atoms with Crippen molar-refractivity contribution in [3.05, 3.63) is 29.3 Å². The maximum atomic E-state index is 11.7. The third-order valence-corrected chi connectivity index (χ3v) is 3.12. The van der Waals surface area contributed by atoms with Gasteiger partial charge in [-0.1, -0.05) is 15.9 Å². The minimum Gasteiger partial charge on any atom is -0.293 e. The van der Waals surface area contributed by atoms with Gasteiger partial charge in [-0.25, -0.2) is 0 Å². The Morgan fingerprint density at radius 3 is 2.73 bits per heavy atom. The van der Waals surface area contributed by atoms with Gasteiger partial charge in [-0.2, -0.15) is 5.26 Å². The topological polar surface area (TPSA) is 40.9 Å². The van der Waals surface area contributed by atoms with Crippen molar-refractivity contribution in [3.63, 3.8) is 0 Å². The molecule has 2 nitrogen and oxygen atoms in total. The zero-order valence-electron chi connectivity index (χ0n) is 8.45. The molecule has 0 saturated carbocycles. The molecule has 0 aliphatic heterocycles. The molecule has 1 aromatic carbocycles. The van der Waals surface area contributed by atoms with Gasteiger partial charge in [0.05, 0.1) is 16.5 Å². The second-order valence-electron chi connectivity index (χ2n) is 3.00. The number of Topliss-reactive ketones (excluding diaryl/α,β-unsaturated/α-hetero) is 1. The molecule has 4 heteroatoms. The Labute approximate surface area is 102 Å². The van der Waals surface area contributed by atoms with Crippen LogP contribution in [0.25, 0.3) is 0 Å². The zero-order valence-corrected chi connectivity index (χ0v) is 10.9. The van der Waals surface area contributed by atoms with Crippen molar-refractivity contribution in [1.29, 1.82) is 5.26 Å². The average Bonchev–Trinajstić information content (AvgIpc) is 2.27. The van der Waals surface area contributed by atoms with Crippen LogP contribution in [0.3, 0.4) is 0 Å². The van der Waals surface area contributed by atoms with Gasteiger partial charge in [0.25, 0.3) is 0 Å². The summed E-state index contributed by atoms with van der Waals surface area (Å²) in [5.41, 5.74) is 0.929. The maximum absolute atomic E-state index is 11.7. The van der Waals surface area contributed by atoms with Gasteiger partial charge < -0.3 is 0 Å². The number of thioether (sulfide) groups is 1. The first kappa shape index (κ1) is 12.3. The fraction of sp³-hybridized carbons (Fsp3) is 0.273. The first-order valence-electron chi connectivity index (χ1n) is 4.36. The second-order valence-corrected chi connectivity index (χ2v) is 5.26. The molecule has 0 saturated heterocycles. The van der Waals surface area contributed by atoms with Crippen LogP contribution in [0.4, 0.5) is 0 Å². The van der Waals surface area contributed by atoms with Gasteiger partial charge in [0.2, 0.25) is 0 Å². The van der Waals surface area contributed by atoms with Crippen LogP contribution in [0.5, 0.6) is 0 Å². The molecular weight excluding hydrogens is 274 g/mol. The lowest BCUT2D eigenvalue weighted by Crippen LogP contribution is -2.11. The number of hydrogen-bond donors (Lipinski definition) is 0. The summed E-state index contributed by atoms with van der Waals surface area (Å²) >= 11 is 4.76. The smallest absolute Gasteiger partial charge is 0.177 e. The molecule has 1 rings (SSSR count). The van der Waals surface area contributed by atoms with Crippen molar-refractivity contribution in [2.75, 3.05) is 6.26 Å². The highest BCUT2D eigenvalue weighted by Gasteiger charge is 2.16. The molecule has 0 aromatic heterocycles. The Hall–Kier alpha value is -0.790. The predicted octanol–water partition coefficient (Wildman–Crippen LogP) is 3.25. The number of nitrogens with zero attached hydrogens (tertiary/aromatic N) is 1. The van der Waals surface area contributed by atoms with Crippen LogP contribution in [0.1, 0.15) is 22.8 Å². The molecule has 1 unspecified atom stereocenters. The van der Waals surface area contributed by atoms with Crippen LogP contribution in [-0.2, 0) is 0 Å². The largest absolute Gasteiger partial charge is 0.293 e. The number of rotatable bonds is 3. The van der Waals surface area contributed by atoms with Crippen LogP contribution >= 0.6 is 27.7 Å². The number of benzene rings is 1. The van der Waals surface area contributed by atoms with E-state index in [4.69, 9.17) is 5.26 Å². The third kappa shape index (κ3) is 2.83. The molecule has 78 valence electrons. The quantitative estimate of drug-likeness (QED) is 0.486. The van der Waals surface area contributed by atoms with E-state index in [0.29, 0.717) is 11.1 Å². The van der Waals surface area contributed by atoms with E-state index < -0.39 is 0 Å². The number of hydrogen-bond acceptors (Lipinski definition) is 3. The van der Waals surface area contributed by atoms with Gasteiger partial charge >= 0.3 is 0 Å². The van der Waals surface area contributed by atoms with Gasteiger partial charge in [-0.3, -0.25) is 4.79 Å². The molecule has 15 heavy (non-hydrogen) atoms. The minimum atomic E-state index is -0.260. The summed E-state index contributed by atoms with van der Waals surface area (Å²) in [5.74, 6) is -0.0563. The first-order valence-corrected chi connectivity index (χ1v) is 6.50. The fourth-order valence-corrected chi connectivity index (χ4v) is 1.86. The molecule has 0 bridgehead atoms. The zero-order chi connectivity index (χ0) is 11.4. The van der Waals surface area contributed by atoms with Crippen LogP contribution < -0.4 is 0 Å². The number of carbonyl (C=O) groups is 1. The van der Waals surface area contributed by atoms with Crippen LogP contribution in [-0.4, -0.2) is 16.9 Å². The highest BCUT2D eigenvalue weighted by atomic mass is 79.9. The summed E-state index contributed by atoms with van der Waals surface area (Å²) in [6.07, 6.45) is 1.94. The Morgan fingerprint density at radius 1 is 1.60 bits per heavy atom. The predicted molar refractivity (Wildman–Crippen MR) is 65.7 cm³/mol. The summed E-state index contributed by atoms with van der Waals surface area (Å²) in [5, 5.41) is 8.94. The number of halogens is 1. The molecule has 0 amide bonds. The fourth-order valence-electron chi connectivity index (χ4n) is 1.17. The summed E-state index contributed by atoms with van der Waals surface area (Å²) < 4.78 is 0. The molecule has 1 aromatic rings. The Kier molecular flexibility index (Phi) is 4.37.